The van der Waals surface area contributed by atoms with Crippen LogP contribution in [0.4, 0.5) is 5.69 Å². The number of hydrogen-bond acceptors (Lipinski definition) is 5. The normalized spacial score (nSPS) is 23.8. The Morgan fingerprint density at radius 1 is 1.35 bits per heavy atom. The van der Waals surface area contributed by atoms with Gasteiger partial charge in [0.2, 0.25) is 11.7 Å². The third-order valence-electron chi connectivity index (χ3n) is 4.33. The van der Waals surface area contributed by atoms with E-state index in [1.165, 1.54) is 0 Å². The summed E-state index contributed by atoms with van der Waals surface area (Å²) in [4.78, 5) is 12.5. The van der Waals surface area contributed by atoms with Crippen molar-refractivity contribution < 1.29 is 4.79 Å². The van der Waals surface area contributed by atoms with Gasteiger partial charge in [0.05, 0.1) is 5.92 Å². The van der Waals surface area contributed by atoms with Crippen LogP contribution in [-0.4, -0.2) is 32.1 Å². The number of rotatable bonds is 3. The van der Waals surface area contributed by atoms with Gasteiger partial charge in [0.1, 0.15) is 0 Å². The monoisotopic (exact) mass is 336 g/mol. The van der Waals surface area contributed by atoms with E-state index in [0.717, 1.165) is 36.9 Å². The van der Waals surface area contributed by atoms with Crippen molar-refractivity contribution in [3.05, 3.63) is 24.3 Å². The van der Waals surface area contributed by atoms with E-state index in [4.69, 9.17) is 5.73 Å². The van der Waals surface area contributed by atoms with Gasteiger partial charge in [-0.25, -0.2) is 0 Å². The molecule has 8 heteroatoms. The van der Waals surface area contributed by atoms with E-state index in [1.807, 2.05) is 31.2 Å². The molecular formula is C15H21ClN6O. The maximum atomic E-state index is 12.5. The fourth-order valence-electron chi connectivity index (χ4n) is 3.00. The van der Waals surface area contributed by atoms with Crippen LogP contribution in [0.2, 0.25) is 0 Å². The van der Waals surface area contributed by atoms with E-state index < -0.39 is 5.54 Å². The summed E-state index contributed by atoms with van der Waals surface area (Å²) in [6, 6.07) is 7.37. The first-order valence-electron chi connectivity index (χ1n) is 7.50. The van der Waals surface area contributed by atoms with Crippen LogP contribution in [0.15, 0.2) is 24.3 Å². The Hall–Kier alpha value is -1.99. The molecule has 1 aliphatic rings. The molecule has 2 atom stereocenters. The first kappa shape index (κ1) is 17.4. The van der Waals surface area contributed by atoms with Crippen LogP contribution in [0.3, 0.4) is 0 Å². The number of carbonyl (C=O) groups excluding carboxylic acids is 1. The molecule has 1 amide bonds. The number of nitrogens with one attached hydrogen (secondary N) is 2. The highest BCUT2D eigenvalue weighted by molar-refractivity contribution is 5.93. The van der Waals surface area contributed by atoms with Gasteiger partial charge in [-0.05, 0) is 49.2 Å². The molecule has 124 valence electrons. The molecule has 1 aliphatic carbocycles. The Balaban J connectivity index is 0.00000192. The summed E-state index contributed by atoms with van der Waals surface area (Å²) in [6.07, 6.45) is 3.89. The quantitative estimate of drug-likeness (QED) is 0.795. The third-order valence-corrected chi connectivity index (χ3v) is 4.33. The van der Waals surface area contributed by atoms with Gasteiger partial charge in [-0.3, -0.25) is 4.79 Å². The Kier molecular flexibility index (Phi) is 5.33. The third kappa shape index (κ3) is 3.86. The number of amides is 1. The number of anilines is 1. The summed E-state index contributed by atoms with van der Waals surface area (Å²) in [7, 11) is 0. The Morgan fingerprint density at radius 3 is 2.70 bits per heavy atom. The van der Waals surface area contributed by atoms with Crippen LogP contribution in [0, 0.1) is 5.92 Å². The van der Waals surface area contributed by atoms with Crippen molar-refractivity contribution in [3.8, 4) is 11.4 Å². The number of H-pyrrole nitrogens is 1. The average molecular weight is 337 g/mol. The zero-order valence-electron chi connectivity index (χ0n) is 13.0. The van der Waals surface area contributed by atoms with Crippen molar-refractivity contribution >= 4 is 24.0 Å². The molecule has 1 heterocycles. The number of aromatic nitrogens is 4. The number of carbonyl (C=O) groups is 1. The highest BCUT2D eigenvalue weighted by Gasteiger charge is 2.37. The summed E-state index contributed by atoms with van der Waals surface area (Å²) < 4.78 is 0. The minimum atomic E-state index is -0.424. The summed E-state index contributed by atoms with van der Waals surface area (Å²) >= 11 is 0. The SMILES string of the molecule is CC1(N)CCCCC1C(=O)Nc1ccc(-c2nn[nH]n2)cc1.Cl. The van der Waals surface area contributed by atoms with Gasteiger partial charge in [-0.15, -0.1) is 22.6 Å². The minimum absolute atomic E-state index is 0. The van der Waals surface area contributed by atoms with Gasteiger partial charge in [-0.2, -0.15) is 5.21 Å². The van der Waals surface area contributed by atoms with E-state index in [0.29, 0.717) is 5.82 Å². The number of nitrogens with zero attached hydrogens (tertiary/aromatic N) is 3. The average Bonchev–Trinajstić information content (AvgIpc) is 3.01. The van der Waals surface area contributed by atoms with Crippen LogP contribution in [0.1, 0.15) is 32.6 Å². The van der Waals surface area contributed by atoms with Crippen molar-refractivity contribution in [1.29, 1.82) is 0 Å². The van der Waals surface area contributed by atoms with Crippen molar-refractivity contribution in [3.63, 3.8) is 0 Å². The standard InChI is InChI=1S/C15H20N6O.ClH/c1-15(16)9-3-2-4-12(15)14(22)17-11-7-5-10(6-8-11)13-18-20-21-19-13;/h5-8,12H,2-4,9,16H2,1H3,(H,17,22)(H,18,19,20,21);1H. The molecule has 1 fully saturated rings. The molecule has 4 N–H and O–H groups in total. The lowest BCUT2D eigenvalue weighted by atomic mass is 9.74. The fourth-order valence-corrected chi connectivity index (χ4v) is 3.00. The Labute approximate surface area is 140 Å². The second-order valence-corrected chi connectivity index (χ2v) is 6.11. The Morgan fingerprint density at radius 2 is 2.09 bits per heavy atom. The van der Waals surface area contributed by atoms with Gasteiger partial charge < -0.3 is 11.1 Å². The van der Waals surface area contributed by atoms with E-state index in [2.05, 4.69) is 25.9 Å². The van der Waals surface area contributed by atoms with Crippen molar-refractivity contribution in [2.24, 2.45) is 11.7 Å². The Bertz CT molecular complexity index is 640. The van der Waals surface area contributed by atoms with Gasteiger partial charge >= 0.3 is 0 Å². The molecule has 2 unspecified atom stereocenters. The van der Waals surface area contributed by atoms with Crippen molar-refractivity contribution in [2.75, 3.05) is 5.32 Å². The summed E-state index contributed by atoms with van der Waals surface area (Å²) in [5.41, 5.74) is 7.44. The van der Waals surface area contributed by atoms with Gasteiger partial charge in [0.15, 0.2) is 0 Å². The molecule has 0 aliphatic heterocycles. The lowest BCUT2D eigenvalue weighted by Gasteiger charge is -2.37. The zero-order chi connectivity index (χ0) is 15.6. The first-order valence-corrected chi connectivity index (χ1v) is 7.50. The number of nitrogens with two attached hydrogens (primary N) is 1. The van der Waals surface area contributed by atoms with E-state index in [1.54, 1.807) is 0 Å². The molecule has 0 saturated heterocycles. The largest absolute Gasteiger partial charge is 0.326 e. The van der Waals surface area contributed by atoms with Crippen LogP contribution in [0.5, 0.6) is 0 Å². The van der Waals surface area contributed by atoms with E-state index in [9.17, 15) is 4.79 Å². The lowest BCUT2D eigenvalue weighted by molar-refractivity contribution is -0.122. The number of benzene rings is 1. The molecule has 1 saturated carbocycles. The molecule has 0 radical (unpaired) electrons. The molecular weight excluding hydrogens is 316 g/mol. The summed E-state index contributed by atoms with van der Waals surface area (Å²) in [6.45, 7) is 1.97. The van der Waals surface area contributed by atoms with Gasteiger partial charge in [-0.1, -0.05) is 12.8 Å². The number of halogens is 1. The predicted molar refractivity (Wildman–Crippen MR) is 90.0 cm³/mol. The maximum Gasteiger partial charge on any atom is 0.229 e. The minimum Gasteiger partial charge on any atom is -0.326 e. The number of tetrazole rings is 1. The zero-order valence-corrected chi connectivity index (χ0v) is 13.8. The van der Waals surface area contributed by atoms with Gasteiger partial charge in [0.25, 0.3) is 0 Å². The summed E-state index contributed by atoms with van der Waals surface area (Å²) in [5, 5.41) is 16.7. The van der Waals surface area contributed by atoms with Crippen LogP contribution in [0.25, 0.3) is 11.4 Å². The molecule has 1 aromatic heterocycles. The molecule has 3 rings (SSSR count). The topological polar surface area (TPSA) is 110 Å². The highest BCUT2D eigenvalue weighted by atomic mass is 35.5. The fraction of sp³-hybridized carbons (Fsp3) is 0.467. The molecule has 23 heavy (non-hydrogen) atoms. The summed E-state index contributed by atoms with van der Waals surface area (Å²) in [5.74, 6) is 0.384. The molecule has 2 aromatic rings. The van der Waals surface area contributed by atoms with Crippen molar-refractivity contribution in [2.45, 2.75) is 38.1 Å². The van der Waals surface area contributed by atoms with Crippen molar-refractivity contribution in [1.82, 2.24) is 20.6 Å². The molecule has 0 bridgehead atoms. The first-order chi connectivity index (χ1) is 10.6. The number of hydrogen-bond donors (Lipinski definition) is 3. The van der Waals surface area contributed by atoms with Crippen LogP contribution in [-0.2, 0) is 4.79 Å². The van der Waals surface area contributed by atoms with Gasteiger partial charge in [0, 0.05) is 16.8 Å². The number of aromatic amines is 1. The maximum absolute atomic E-state index is 12.5. The molecule has 0 spiro atoms. The highest BCUT2D eigenvalue weighted by Crippen LogP contribution is 2.32. The molecule has 7 nitrogen and oxygen atoms in total. The second kappa shape index (κ2) is 7.06. The lowest BCUT2D eigenvalue weighted by Crippen LogP contribution is -2.51. The second-order valence-electron chi connectivity index (χ2n) is 6.11. The van der Waals surface area contributed by atoms with E-state index >= 15 is 0 Å². The van der Waals surface area contributed by atoms with Crippen LogP contribution < -0.4 is 11.1 Å². The predicted octanol–water partition coefficient (Wildman–Crippen LogP) is 2.13. The van der Waals surface area contributed by atoms with Crippen LogP contribution >= 0.6 is 12.4 Å². The molecule has 1 aromatic carbocycles. The van der Waals surface area contributed by atoms with E-state index in [-0.39, 0.29) is 24.2 Å². The smallest absolute Gasteiger partial charge is 0.229 e.